The summed E-state index contributed by atoms with van der Waals surface area (Å²) in [5.74, 6) is -4.87. The second-order valence-corrected chi connectivity index (χ2v) is 14.1. The number of ether oxygens (including phenoxy) is 1. The van der Waals surface area contributed by atoms with Gasteiger partial charge >= 0.3 is 12.1 Å². The van der Waals surface area contributed by atoms with Crippen molar-refractivity contribution in [2.24, 2.45) is 28.6 Å². The molecule has 244 valence electrons. The monoisotopic (exact) mass is 654 g/mol. The summed E-state index contributed by atoms with van der Waals surface area (Å²) in [6.07, 6.45) is -5.09. The molecule has 4 aliphatic rings. The number of thioether (sulfide) groups is 1. The molecule has 1 aromatic carbocycles. The van der Waals surface area contributed by atoms with E-state index in [2.05, 4.69) is 0 Å². The lowest BCUT2D eigenvalue weighted by atomic mass is 9.44. The molecule has 0 bridgehead atoms. The summed E-state index contributed by atoms with van der Waals surface area (Å²) in [6.45, 7) is 6.29. The Morgan fingerprint density at radius 3 is 2.33 bits per heavy atom. The highest BCUT2D eigenvalue weighted by Crippen LogP contribution is 2.72. The molecule has 6 nitrogen and oxygen atoms in total. The number of allylic oxidation sites excluding steroid dienone is 4. The number of benzene rings is 1. The van der Waals surface area contributed by atoms with Crippen molar-refractivity contribution in [3.63, 3.8) is 0 Å². The highest BCUT2D eigenvalue weighted by Gasteiger charge is 2.78. The van der Waals surface area contributed by atoms with Crippen LogP contribution in [-0.2, 0) is 25.3 Å². The predicted octanol–water partition coefficient (Wildman–Crippen LogP) is 6.40. The van der Waals surface area contributed by atoms with Crippen molar-refractivity contribution in [3.8, 4) is 0 Å². The number of carbonyl (C=O) groups excluding carboxylic acids is 4. The van der Waals surface area contributed by atoms with Crippen LogP contribution in [0.15, 0.2) is 48.1 Å². The molecule has 4 aliphatic carbocycles. The van der Waals surface area contributed by atoms with Gasteiger partial charge in [0.2, 0.25) is 5.12 Å². The van der Waals surface area contributed by atoms with Crippen molar-refractivity contribution in [3.05, 3.63) is 59.2 Å². The van der Waals surface area contributed by atoms with Gasteiger partial charge in [-0.15, -0.1) is 0 Å². The van der Waals surface area contributed by atoms with Crippen LogP contribution in [0.5, 0.6) is 0 Å². The van der Waals surface area contributed by atoms with Gasteiger partial charge in [0.1, 0.15) is 6.17 Å². The van der Waals surface area contributed by atoms with Crippen molar-refractivity contribution in [1.29, 1.82) is 0 Å². The molecule has 0 aliphatic heterocycles. The quantitative estimate of drug-likeness (QED) is 0.215. The number of alkyl halides is 5. The minimum Gasteiger partial charge on any atom is -0.449 e. The molecule has 1 N–H and O–H groups in total. The summed E-state index contributed by atoms with van der Waals surface area (Å²) in [7, 11) is 0. The molecule has 0 heterocycles. The van der Waals surface area contributed by atoms with Crippen molar-refractivity contribution in [2.75, 3.05) is 5.75 Å². The number of aliphatic hydroxyl groups excluding tert-OH is 1. The van der Waals surface area contributed by atoms with Gasteiger partial charge in [0.25, 0.3) is 0 Å². The Balaban J connectivity index is 1.49. The Labute approximate surface area is 261 Å². The number of rotatable bonds is 6. The minimum atomic E-state index is -4.59. The van der Waals surface area contributed by atoms with E-state index in [1.807, 2.05) is 0 Å². The summed E-state index contributed by atoms with van der Waals surface area (Å²) < 4.78 is 78.2. The molecular weight excluding hydrogens is 619 g/mol. The highest BCUT2D eigenvalue weighted by atomic mass is 32.2. The van der Waals surface area contributed by atoms with Crippen LogP contribution in [0.2, 0.25) is 0 Å². The zero-order valence-corrected chi connectivity index (χ0v) is 26.1. The van der Waals surface area contributed by atoms with Crippen molar-refractivity contribution < 1.29 is 51.0 Å². The van der Waals surface area contributed by atoms with Crippen LogP contribution < -0.4 is 0 Å². The third-order valence-electron chi connectivity index (χ3n) is 10.9. The van der Waals surface area contributed by atoms with E-state index >= 15 is 8.78 Å². The first-order valence-electron chi connectivity index (χ1n) is 14.9. The first-order valence-corrected chi connectivity index (χ1v) is 15.9. The van der Waals surface area contributed by atoms with Gasteiger partial charge in [-0.1, -0.05) is 50.7 Å². The Kier molecular flexibility index (Phi) is 8.29. The van der Waals surface area contributed by atoms with Crippen LogP contribution >= 0.6 is 11.8 Å². The Hall–Kier alpha value is -2.86. The number of esters is 1. The average molecular weight is 655 g/mol. The summed E-state index contributed by atoms with van der Waals surface area (Å²) >= 11 is 0.549. The lowest BCUT2D eigenvalue weighted by Crippen LogP contribution is -2.70. The van der Waals surface area contributed by atoms with Gasteiger partial charge in [-0.3, -0.25) is 19.2 Å². The SMILES string of the molecule is CCC(=O)O[C@]1(C(=O)SCC(=O)c2ccc(C(F)(F)F)cc2)[C@H](C)CC2C3C[C@H](F)C4=CC(=O)C=C[C@]4(C)[C@@]3(F)[C@@H](O)C[C@@]21C. The molecule has 0 radical (unpaired) electrons. The second kappa shape index (κ2) is 11.1. The molecule has 0 aromatic heterocycles. The highest BCUT2D eigenvalue weighted by molar-refractivity contribution is 8.14. The first kappa shape index (κ1) is 33.5. The van der Waals surface area contributed by atoms with E-state index in [9.17, 15) is 37.5 Å². The summed E-state index contributed by atoms with van der Waals surface area (Å²) in [6, 6.07) is 3.57. The number of hydrogen-bond donors (Lipinski definition) is 1. The van der Waals surface area contributed by atoms with Gasteiger partial charge in [0.05, 0.1) is 17.4 Å². The maximum absolute atomic E-state index is 17.6. The van der Waals surface area contributed by atoms with E-state index < -0.39 is 92.3 Å². The second-order valence-electron chi connectivity index (χ2n) is 13.1. The van der Waals surface area contributed by atoms with Gasteiger partial charge in [-0.2, -0.15) is 13.2 Å². The first-order chi connectivity index (χ1) is 20.9. The van der Waals surface area contributed by atoms with Crippen LogP contribution in [0.25, 0.3) is 0 Å². The number of carbonyl (C=O) groups is 4. The molecule has 45 heavy (non-hydrogen) atoms. The van der Waals surface area contributed by atoms with Crippen LogP contribution in [-0.4, -0.2) is 57.1 Å². The third kappa shape index (κ3) is 4.84. The van der Waals surface area contributed by atoms with E-state index in [1.54, 1.807) is 13.8 Å². The number of aliphatic hydroxyl groups is 1. The van der Waals surface area contributed by atoms with E-state index in [0.29, 0.717) is 11.8 Å². The normalized spacial score (nSPS) is 38.9. The van der Waals surface area contributed by atoms with Crippen LogP contribution in [0.4, 0.5) is 22.0 Å². The molecule has 3 saturated carbocycles. The Morgan fingerprint density at radius 1 is 1.09 bits per heavy atom. The smallest absolute Gasteiger partial charge is 0.416 e. The fourth-order valence-corrected chi connectivity index (χ4v) is 9.76. The molecule has 0 saturated heterocycles. The molecule has 3 fully saturated rings. The molecule has 1 aromatic rings. The van der Waals surface area contributed by atoms with Gasteiger partial charge in [0.15, 0.2) is 22.8 Å². The van der Waals surface area contributed by atoms with Crippen LogP contribution in [0.3, 0.4) is 0 Å². The molecular formula is C33H35F5O6S. The molecule has 5 rings (SSSR count). The molecule has 12 heteroatoms. The number of halogens is 5. The number of hydrogen-bond acceptors (Lipinski definition) is 7. The molecule has 0 spiro atoms. The van der Waals surface area contributed by atoms with Crippen molar-refractivity contribution >= 4 is 34.4 Å². The number of Topliss-reactive ketones (excluding diaryl/α,β-unsaturated/α-hetero) is 1. The summed E-state index contributed by atoms with van der Waals surface area (Å²) in [5.41, 5.74) is -8.35. The minimum absolute atomic E-state index is 0.0421. The lowest BCUT2D eigenvalue weighted by molar-refractivity contribution is -0.228. The molecule has 2 unspecified atom stereocenters. The fourth-order valence-electron chi connectivity index (χ4n) is 8.64. The van der Waals surface area contributed by atoms with Crippen LogP contribution in [0, 0.1) is 28.6 Å². The standard InChI is InChI=1S/C33H35F5O6S/c1-5-27(42)44-32(28(43)45-16-25(40)18-6-8-19(9-7-18)33(36,37)38)17(2)12-21-22-14-24(34)23-13-20(39)10-11-29(23,3)31(22,35)26(41)15-30(21,32)4/h6-11,13,17,21-22,24,26,41H,5,12,14-16H2,1-4H3/t17-,21?,22?,24+,26+,29+,30+,31+,32+/m1/s1. The van der Waals surface area contributed by atoms with E-state index in [-0.39, 0.29) is 36.8 Å². The van der Waals surface area contributed by atoms with E-state index in [4.69, 9.17) is 4.74 Å². The summed E-state index contributed by atoms with van der Waals surface area (Å²) in [4.78, 5) is 52.1. The summed E-state index contributed by atoms with van der Waals surface area (Å²) in [5, 5.41) is 10.9. The van der Waals surface area contributed by atoms with Gasteiger partial charge < -0.3 is 9.84 Å². The Bertz CT molecular complexity index is 1490. The zero-order chi connectivity index (χ0) is 33.3. The average Bonchev–Trinajstić information content (AvgIpc) is 3.19. The van der Waals surface area contributed by atoms with E-state index in [0.717, 1.165) is 30.3 Å². The predicted molar refractivity (Wildman–Crippen MR) is 156 cm³/mol. The maximum Gasteiger partial charge on any atom is 0.416 e. The van der Waals surface area contributed by atoms with Gasteiger partial charge in [-0.25, -0.2) is 8.78 Å². The van der Waals surface area contributed by atoms with Crippen molar-refractivity contribution in [1.82, 2.24) is 0 Å². The number of fused-ring (bicyclic) bond motifs is 5. The van der Waals surface area contributed by atoms with Crippen molar-refractivity contribution in [2.45, 2.75) is 83.1 Å². The zero-order valence-electron chi connectivity index (χ0n) is 25.3. The maximum atomic E-state index is 17.6. The third-order valence-corrected chi connectivity index (χ3v) is 11.9. The van der Waals surface area contributed by atoms with Gasteiger partial charge in [0, 0.05) is 34.7 Å². The number of ketones is 2. The molecule has 9 atom stereocenters. The van der Waals surface area contributed by atoms with Gasteiger partial charge in [-0.05, 0) is 62.0 Å². The largest absolute Gasteiger partial charge is 0.449 e. The topological polar surface area (TPSA) is 97.7 Å². The Morgan fingerprint density at radius 2 is 1.73 bits per heavy atom. The molecule has 0 amide bonds. The van der Waals surface area contributed by atoms with E-state index in [1.165, 1.54) is 26.0 Å². The lowest BCUT2D eigenvalue weighted by Gasteiger charge is -2.63. The fraction of sp³-hybridized carbons (Fsp3) is 0.576. The van der Waals surface area contributed by atoms with Crippen LogP contribution in [0.1, 0.15) is 69.3 Å².